The van der Waals surface area contributed by atoms with Crippen LogP contribution in [-0.4, -0.2) is 0 Å². The van der Waals surface area contributed by atoms with Crippen molar-refractivity contribution in [3.8, 4) is 11.1 Å². The van der Waals surface area contributed by atoms with Crippen molar-refractivity contribution < 1.29 is 23.2 Å². The van der Waals surface area contributed by atoms with Gasteiger partial charge >= 0.3 is 158 Å². The van der Waals surface area contributed by atoms with E-state index in [0.717, 1.165) is 0 Å². The molecule has 1 heteroatoms. The first-order chi connectivity index (χ1) is 11.4. The van der Waals surface area contributed by atoms with Gasteiger partial charge in [0.2, 0.25) is 0 Å². The Morgan fingerprint density at radius 2 is 1.38 bits per heavy atom. The van der Waals surface area contributed by atoms with Crippen molar-refractivity contribution >= 4 is 0 Å². The molecular formula is C23H24Zr. The summed E-state index contributed by atoms with van der Waals surface area (Å²) in [6, 6.07) is 18.1. The first-order valence-corrected chi connectivity index (χ1v) is 11.5. The topological polar surface area (TPSA) is 0 Å². The van der Waals surface area contributed by atoms with Crippen molar-refractivity contribution in [2.24, 2.45) is 11.3 Å². The van der Waals surface area contributed by atoms with Crippen molar-refractivity contribution in [1.29, 1.82) is 0 Å². The summed E-state index contributed by atoms with van der Waals surface area (Å²) in [5.74, 6) is 0.630. The van der Waals surface area contributed by atoms with Gasteiger partial charge in [-0.05, 0) is 0 Å². The van der Waals surface area contributed by atoms with Crippen LogP contribution in [0.2, 0.25) is 0 Å². The third-order valence-corrected chi connectivity index (χ3v) is 9.77. The van der Waals surface area contributed by atoms with Gasteiger partial charge in [-0.2, -0.15) is 0 Å². The third kappa shape index (κ3) is 2.72. The van der Waals surface area contributed by atoms with Gasteiger partial charge in [-0.3, -0.25) is 0 Å². The van der Waals surface area contributed by atoms with Crippen LogP contribution in [0.25, 0.3) is 11.1 Å². The van der Waals surface area contributed by atoms with Crippen LogP contribution in [-0.2, 0) is 23.2 Å². The summed E-state index contributed by atoms with van der Waals surface area (Å²) >= 11 is -0.720. The van der Waals surface area contributed by atoms with E-state index >= 15 is 0 Å². The molecule has 0 aliphatic heterocycles. The molecular weight excluding hydrogens is 367 g/mol. The molecule has 0 saturated carbocycles. The van der Waals surface area contributed by atoms with Gasteiger partial charge in [-0.15, -0.1) is 0 Å². The first kappa shape index (κ1) is 16.3. The number of hydrogen-bond donors (Lipinski definition) is 0. The van der Waals surface area contributed by atoms with Crippen molar-refractivity contribution in [2.75, 3.05) is 0 Å². The van der Waals surface area contributed by atoms with E-state index in [2.05, 4.69) is 88.4 Å². The molecule has 4 rings (SSSR count). The summed E-state index contributed by atoms with van der Waals surface area (Å²) in [5.41, 5.74) is 7.88. The van der Waals surface area contributed by atoms with Crippen LogP contribution in [0.3, 0.4) is 0 Å². The Labute approximate surface area is 157 Å². The summed E-state index contributed by atoms with van der Waals surface area (Å²) in [7, 11) is 0. The number of benzene rings is 2. The zero-order chi connectivity index (χ0) is 16.9. The Hall–Kier alpha value is -1.20. The summed E-state index contributed by atoms with van der Waals surface area (Å²) in [6.45, 7) is 9.38. The van der Waals surface area contributed by atoms with Crippen LogP contribution >= 0.6 is 0 Å². The second-order valence-corrected chi connectivity index (χ2v) is 11.6. The minimum absolute atomic E-state index is 0.265. The van der Waals surface area contributed by atoms with Crippen molar-refractivity contribution in [2.45, 2.75) is 31.3 Å². The van der Waals surface area contributed by atoms with E-state index in [1.807, 2.05) is 0 Å². The Morgan fingerprint density at radius 3 is 1.88 bits per heavy atom. The van der Waals surface area contributed by atoms with E-state index in [-0.39, 0.29) is 5.41 Å². The molecule has 1 unspecified atom stereocenters. The average molecular weight is 392 g/mol. The Bertz CT molecular complexity index is 803. The van der Waals surface area contributed by atoms with Crippen LogP contribution in [0, 0.1) is 11.3 Å². The molecule has 0 spiro atoms. The van der Waals surface area contributed by atoms with Crippen molar-refractivity contribution in [1.82, 2.24) is 0 Å². The third-order valence-electron chi connectivity index (χ3n) is 5.24. The minimum atomic E-state index is -0.720. The second kappa shape index (κ2) is 5.96. The first-order valence-electron chi connectivity index (χ1n) is 8.84. The van der Waals surface area contributed by atoms with Gasteiger partial charge < -0.3 is 0 Å². The molecule has 2 aliphatic carbocycles. The van der Waals surface area contributed by atoms with Crippen LogP contribution in [0.5, 0.6) is 0 Å². The molecule has 24 heavy (non-hydrogen) atoms. The fourth-order valence-electron chi connectivity index (χ4n) is 3.82. The van der Waals surface area contributed by atoms with Crippen LogP contribution < -0.4 is 0 Å². The SMILES string of the molecule is CC1C=C(C(C)(C)C)C=[C]1[Zr][CH]1c2ccccc2-c2ccccc21. The fourth-order valence-corrected chi connectivity index (χ4v) is 8.08. The maximum absolute atomic E-state index is 2.54. The molecule has 0 saturated heterocycles. The average Bonchev–Trinajstić information content (AvgIpc) is 3.08. The predicted molar refractivity (Wildman–Crippen MR) is 98.5 cm³/mol. The van der Waals surface area contributed by atoms with Crippen molar-refractivity contribution in [3.05, 3.63) is 80.7 Å². The molecule has 120 valence electrons. The molecule has 2 aromatic rings. The Morgan fingerprint density at radius 1 is 0.833 bits per heavy atom. The molecule has 0 bridgehead atoms. The van der Waals surface area contributed by atoms with Gasteiger partial charge in [0.05, 0.1) is 0 Å². The summed E-state index contributed by atoms with van der Waals surface area (Å²) in [4.78, 5) is 0. The summed E-state index contributed by atoms with van der Waals surface area (Å²) in [5, 5.41) is 0. The number of hydrogen-bond acceptors (Lipinski definition) is 0. The van der Waals surface area contributed by atoms with Gasteiger partial charge in [-0.25, -0.2) is 0 Å². The Balaban J connectivity index is 1.71. The number of fused-ring (bicyclic) bond motifs is 3. The van der Waals surface area contributed by atoms with Gasteiger partial charge in [0, 0.05) is 0 Å². The monoisotopic (exact) mass is 390 g/mol. The van der Waals surface area contributed by atoms with E-state index in [1.165, 1.54) is 16.7 Å². The van der Waals surface area contributed by atoms with Gasteiger partial charge in [0.25, 0.3) is 0 Å². The van der Waals surface area contributed by atoms with Gasteiger partial charge in [0.1, 0.15) is 0 Å². The molecule has 0 radical (unpaired) electrons. The van der Waals surface area contributed by atoms with E-state index in [1.54, 1.807) is 14.4 Å². The molecule has 2 aromatic carbocycles. The molecule has 0 amide bonds. The number of allylic oxidation sites excluding steroid dienone is 4. The number of rotatable bonds is 2. The van der Waals surface area contributed by atoms with Crippen molar-refractivity contribution in [3.63, 3.8) is 0 Å². The molecule has 0 N–H and O–H groups in total. The molecule has 0 fully saturated rings. The van der Waals surface area contributed by atoms with Gasteiger partial charge in [0.15, 0.2) is 0 Å². The molecule has 0 aromatic heterocycles. The standard InChI is InChI=1S/C13H9.C10H15.Zr/c1-3-7-12-10(5-1)9-11-6-2-4-8-13(11)12;1-8-5-6-9(7-8)10(2,3)4;/h1-9H;6-8H,1-4H3;. The Kier molecular flexibility index (Phi) is 4.04. The predicted octanol–water partition coefficient (Wildman–Crippen LogP) is 6.35. The van der Waals surface area contributed by atoms with Crippen LogP contribution in [0.4, 0.5) is 0 Å². The zero-order valence-electron chi connectivity index (χ0n) is 14.9. The molecule has 1 atom stereocenters. The fraction of sp³-hybridized carbons (Fsp3) is 0.304. The molecule has 2 aliphatic rings. The quantitative estimate of drug-likeness (QED) is 0.560. The summed E-state index contributed by atoms with van der Waals surface area (Å²) < 4.78 is 2.42. The van der Waals surface area contributed by atoms with E-state index in [4.69, 9.17) is 0 Å². The van der Waals surface area contributed by atoms with Crippen LogP contribution in [0.1, 0.15) is 42.4 Å². The van der Waals surface area contributed by atoms with Gasteiger partial charge in [-0.1, -0.05) is 0 Å². The zero-order valence-corrected chi connectivity index (χ0v) is 17.4. The van der Waals surface area contributed by atoms with E-state index in [0.29, 0.717) is 9.54 Å². The normalized spacial score (nSPS) is 19.6. The molecule has 0 heterocycles. The summed E-state index contributed by atoms with van der Waals surface area (Å²) in [6.07, 6.45) is 5.04. The maximum atomic E-state index is 2.54. The van der Waals surface area contributed by atoms with E-state index in [9.17, 15) is 0 Å². The molecule has 0 nitrogen and oxygen atoms in total. The second-order valence-electron chi connectivity index (χ2n) is 8.01. The van der Waals surface area contributed by atoms with E-state index < -0.39 is 23.2 Å². The van der Waals surface area contributed by atoms with Crippen LogP contribution in [0.15, 0.2) is 69.5 Å².